The quantitative estimate of drug-likeness (QED) is 0.542. The Balaban J connectivity index is 1.51. The first kappa shape index (κ1) is 20.2. The largest absolute Gasteiger partial charge is 0.493 e. The molecule has 4 amide bonds. The summed E-state index contributed by atoms with van der Waals surface area (Å²) in [4.78, 5) is 38.0. The van der Waals surface area contributed by atoms with Gasteiger partial charge in [0.1, 0.15) is 23.8 Å². The molecule has 2 heterocycles. The molecule has 160 valence electrons. The van der Waals surface area contributed by atoms with Gasteiger partial charge in [-0.3, -0.25) is 9.59 Å². The van der Waals surface area contributed by atoms with Gasteiger partial charge in [-0.1, -0.05) is 0 Å². The number of carbonyl (C=O) groups excluding carboxylic acids is 3. The summed E-state index contributed by atoms with van der Waals surface area (Å²) >= 11 is 0. The molecule has 0 atom stereocenters. The summed E-state index contributed by atoms with van der Waals surface area (Å²) in [6.45, 7) is 1.77. The number of urea groups is 1. The number of nitrogens with zero attached hydrogens (tertiary/aromatic N) is 1. The predicted molar refractivity (Wildman–Crippen MR) is 107 cm³/mol. The highest BCUT2D eigenvalue weighted by Crippen LogP contribution is 2.39. The fourth-order valence-corrected chi connectivity index (χ4v) is 3.08. The summed E-state index contributed by atoms with van der Waals surface area (Å²) in [5.41, 5.74) is 0.836. The molecule has 1 saturated heterocycles. The van der Waals surface area contributed by atoms with E-state index < -0.39 is 30.2 Å². The number of anilines is 1. The highest BCUT2D eigenvalue weighted by Gasteiger charge is 2.35. The van der Waals surface area contributed by atoms with Crippen molar-refractivity contribution in [3.63, 3.8) is 0 Å². The molecule has 0 bridgehead atoms. The Hall–Kier alpha value is -4.08. The van der Waals surface area contributed by atoms with E-state index in [1.165, 1.54) is 30.3 Å². The van der Waals surface area contributed by atoms with Crippen LogP contribution in [0.3, 0.4) is 0 Å². The Labute approximate surface area is 176 Å². The lowest BCUT2D eigenvalue weighted by molar-refractivity contribution is -0.127. The van der Waals surface area contributed by atoms with E-state index in [9.17, 15) is 18.8 Å². The van der Waals surface area contributed by atoms with Crippen LogP contribution in [0, 0.1) is 5.82 Å². The lowest BCUT2D eigenvalue weighted by atomic mass is 10.1. The van der Waals surface area contributed by atoms with Gasteiger partial charge in [0.05, 0.1) is 6.61 Å². The highest BCUT2D eigenvalue weighted by atomic mass is 19.1. The van der Waals surface area contributed by atoms with Gasteiger partial charge < -0.3 is 24.8 Å². The van der Waals surface area contributed by atoms with E-state index in [0.717, 1.165) is 4.90 Å². The van der Waals surface area contributed by atoms with Crippen LogP contribution in [0.2, 0.25) is 0 Å². The smallest absolute Gasteiger partial charge is 0.329 e. The van der Waals surface area contributed by atoms with Crippen LogP contribution in [0.25, 0.3) is 6.08 Å². The van der Waals surface area contributed by atoms with Crippen molar-refractivity contribution in [1.82, 2.24) is 10.2 Å². The summed E-state index contributed by atoms with van der Waals surface area (Å²) < 4.78 is 29.3. The molecule has 2 aromatic carbocycles. The summed E-state index contributed by atoms with van der Waals surface area (Å²) in [5.74, 6) is -0.256. The standard InChI is InChI=1S/C21H18FN3O6/c1-2-29-16-9-18-17(30-11-31-18)8-12(16)7-15-20(27)25(21(28)24-15)10-19(26)23-14-5-3-13(22)4-6-14/h3-9H,2,10-11H2,1H3,(H,23,26)(H,24,28)/b15-7+. The Morgan fingerprint density at radius 1 is 1.23 bits per heavy atom. The molecular weight excluding hydrogens is 409 g/mol. The van der Waals surface area contributed by atoms with Gasteiger partial charge in [-0.05, 0) is 43.3 Å². The number of nitrogens with one attached hydrogen (secondary N) is 2. The maximum atomic E-state index is 13.0. The molecule has 0 radical (unpaired) electrons. The topological polar surface area (TPSA) is 106 Å². The molecule has 1 fully saturated rings. The number of amides is 4. The zero-order valence-electron chi connectivity index (χ0n) is 16.4. The van der Waals surface area contributed by atoms with Crippen molar-refractivity contribution >= 4 is 29.6 Å². The monoisotopic (exact) mass is 427 g/mol. The van der Waals surface area contributed by atoms with Crippen LogP contribution in [-0.4, -0.2) is 42.7 Å². The average Bonchev–Trinajstić information content (AvgIpc) is 3.29. The average molecular weight is 427 g/mol. The van der Waals surface area contributed by atoms with Crippen LogP contribution in [0.4, 0.5) is 14.9 Å². The number of imide groups is 1. The summed E-state index contributed by atoms with van der Waals surface area (Å²) in [5, 5.41) is 4.96. The second-order valence-electron chi connectivity index (χ2n) is 6.61. The molecule has 0 aromatic heterocycles. The summed E-state index contributed by atoms with van der Waals surface area (Å²) in [6.07, 6.45) is 1.45. The molecule has 0 spiro atoms. The number of hydrogen-bond donors (Lipinski definition) is 2. The number of halogens is 1. The third-order valence-electron chi connectivity index (χ3n) is 4.50. The third-order valence-corrected chi connectivity index (χ3v) is 4.50. The number of hydrogen-bond acceptors (Lipinski definition) is 6. The van der Waals surface area contributed by atoms with Crippen molar-refractivity contribution in [2.75, 3.05) is 25.3 Å². The molecule has 2 aromatic rings. The van der Waals surface area contributed by atoms with Crippen LogP contribution in [0.15, 0.2) is 42.1 Å². The number of ether oxygens (including phenoxy) is 3. The normalized spacial score (nSPS) is 15.9. The molecule has 2 aliphatic heterocycles. The Kier molecular flexibility index (Phi) is 5.44. The highest BCUT2D eigenvalue weighted by molar-refractivity contribution is 6.16. The van der Waals surface area contributed by atoms with E-state index in [2.05, 4.69) is 10.6 Å². The maximum absolute atomic E-state index is 13.0. The Morgan fingerprint density at radius 2 is 1.94 bits per heavy atom. The van der Waals surface area contributed by atoms with Crippen LogP contribution < -0.4 is 24.8 Å². The zero-order valence-corrected chi connectivity index (χ0v) is 16.4. The molecule has 2 aliphatic rings. The van der Waals surface area contributed by atoms with Gasteiger partial charge in [-0.2, -0.15) is 0 Å². The second-order valence-corrected chi connectivity index (χ2v) is 6.61. The molecule has 0 unspecified atom stereocenters. The number of benzene rings is 2. The Bertz CT molecular complexity index is 1080. The number of carbonyl (C=O) groups is 3. The van der Waals surface area contributed by atoms with Crippen molar-refractivity contribution < 1.29 is 33.0 Å². The molecule has 9 nitrogen and oxygen atoms in total. The maximum Gasteiger partial charge on any atom is 0.329 e. The minimum absolute atomic E-state index is 0.0144. The summed E-state index contributed by atoms with van der Waals surface area (Å²) in [6, 6.07) is 7.68. The van der Waals surface area contributed by atoms with Gasteiger partial charge in [0.25, 0.3) is 5.91 Å². The van der Waals surface area contributed by atoms with E-state index in [-0.39, 0.29) is 12.5 Å². The van der Waals surface area contributed by atoms with Crippen molar-refractivity contribution in [2.24, 2.45) is 0 Å². The molecule has 10 heteroatoms. The Morgan fingerprint density at radius 3 is 2.65 bits per heavy atom. The third kappa shape index (κ3) is 4.27. The minimum atomic E-state index is -0.732. The molecule has 31 heavy (non-hydrogen) atoms. The van der Waals surface area contributed by atoms with Crippen LogP contribution >= 0.6 is 0 Å². The molecule has 0 aliphatic carbocycles. The van der Waals surface area contributed by atoms with E-state index in [0.29, 0.717) is 35.1 Å². The van der Waals surface area contributed by atoms with Crippen molar-refractivity contribution in [2.45, 2.75) is 6.92 Å². The van der Waals surface area contributed by atoms with E-state index in [4.69, 9.17) is 14.2 Å². The van der Waals surface area contributed by atoms with Crippen molar-refractivity contribution in [3.05, 3.63) is 53.5 Å². The zero-order chi connectivity index (χ0) is 22.0. The second kappa shape index (κ2) is 8.34. The van der Waals surface area contributed by atoms with Crippen LogP contribution in [-0.2, 0) is 9.59 Å². The van der Waals surface area contributed by atoms with E-state index >= 15 is 0 Å². The van der Waals surface area contributed by atoms with Crippen molar-refractivity contribution in [3.8, 4) is 17.2 Å². The number of rotatable bonds is 6. The first-order valence-electron chi connectivity index (χ1n) is 9.41. The molecule has 4 rings (SSSR count). The lowest BCUT2D eigenvalue weighted by Crippen LogP contribution is -2.38. The molecule has 0 saturated carbocycles. The summed E-state index contributed by atoms with van der Waals surface area (Å²) in [7, 11) is 0. The fourth-order valence-electron chi connectivity index (χ4n) is 3.08. The van der Waals surface area contributed by atoms with Gasteiger partial charge in [-0.15, -0.1) is 0 Å². The SMILES string of the molecule is CCOc1cc2c(cc1/C=C1/NC(=O)N(CC(=O)Nc3ccc(F)cc3)C1=O)OCO2. The van der Waals surface area contributed by atoms with E-state index in [1.54, 1.807) is 12.1 Å². The predicted octanol–water partition coefficient (Wildman–Crippen LogP) is 2.48. The molecule has 2 N–H and O–H groups in total. The first-order chi connectivity index (χ1) is 14.9. The van der Waals surface area contributed by atoms with Gasteiger partial charge in [0.2, 0.25) is 12.7 Å². The van der Waals surface area contributed by atoms with Gasteiger partial charge in [-0.25, -0.2) is 14.1 Å². The van der Waals surface area contributed by atoms with E-state index in [1.807, 2.05) is 6.92 Å². The fraction of sp³-hybridized carbons (Fsp3) is 0.190. The van der Waals surface area contributed by atoms with Gasteiger partial charge in [0, 0.05) is 17.3 Å². The van der Waals surface area contributed by atoms with Gasteiger partial charge in [0.15, 0.2) is 11.5 Å². The number of fused-ring (bicyclic) bond motifs is 1. The first-order valence-corrected chi connectivity index (χ1v) is 9.41. The minimum Gasteiger partial charge on any atom is -0.493 e. The molecular formula is C21H18FN3O6. The van der Waals surface area contributed by atoms with Crippen LogP contribution in [0.5, 0.6) is 17.2 Å². The van der Waals surface area contributed by atoms with Crippen LogP contribution in [0.1, 0.15) is 12.5 Å². The van der Waals surface area contributed by atoms with Crippen molar-refractivity contribution in [1.29, 1.82) is 0 Å². The van der Waals surface area contributed by atoms with Gasteiger partial charge >= 0.3 is 6.03 Å². The lowest BCUT2D eigenvalue weighted by Gasteiger charge is -2.12.